The Morgan fingerprint density at radius 2 is 2.00 bits per heavy atom. The second kappa shape index (κ2) is 6.87. The Labute approximate surface area is 122 Å². The summed E-state index contributed by atoms with van der Waals surface area (Å²) in [6.07, 6.45) is -0.120. The highest BCUT2D eigenvalue weighted by Gasteiger charge is 2.25. The summed E-state index contributed by atoms with van der Waals surface area (Å²) in [6.45, 7) is 3.39. The number of methoxy groups -OCH3 is 1. The van der Waals surface area contributed by atoms with E-state index in [0.717, 1.165) is 0 Å². The molecule has 0 saturated heterocycles. The molecule has 1 atom stereocenters. The molecule has 0 spiro atoms. The number of amides is 1. The first-order valence-electron chi connectivity index (χ1n) is 6.38. The van der Waals surface area contributed by atoms with Gasteiger partial charge >= 0.3 is 11.9 Å². The van der Waals surface area contributed by atoms with Crippen molar-refractivity contribution < 1.29 is 24.2 Å². The number of aliphatic carboxylic acids is 1. The summed E-state index contributed by atoms with van der Waals surface area (Å²) in [5, 5.41) is 15.6. The fraction of sp³-hybridized carbons (Fsp3) is 0.538. The summed E-state index contributed by atoms with van der Waals surface area (Å²) in [4.78, 5) is 34.4. The minimum absolute atomic E-state index is 0.0356. The zero-order chi connectivity index (χ0) is 16.2. The number of nitrogens with zero attached hydrogens (tertiary/aromatic N) is 2. The SMILES string of the molecule is COC(=O)CC[C@H](NC(=O)c1c(C)nn(C)c1C)C(=O)O. The Balaban J connectivity index is 2.81. The molecular formula is C13H19N3O5. The van der Waals surface area contributed by atoms with Gasteiger partial charge in [-0.1, -0.05) is 0 Å². The second-order valence-corrected chi connectivity index (χ2v) is 4.65. The van der Waals surface area contributed by atoms with Crippen molar-refractivity contribution in [2.24, 2.45) is 7.05 Å². The predicted molar refractivity (Wildman–Crippen MR) is 72.8 cm³/mol. The number of carbonyl (C=O) groups is 3. The van der Waals surface area contributed by atoms with Crippen LogP contribution in [0.15, 0.2) is 0 Å². The first-order valence-corrected chi connectivity index (χ1v) is 6.38. The van der Waals surface area contributed by atoms with Crippen LogP contribution in [0.2, 0.25) is 0 Å². The molecule has 116 valence electrons. The molecule has 0 aliphatic carbocycles. The molecule has 0 radical (unpaired) electrons. The second-order valence-electron chi connectivity index (χ2n) is 4.65. The molecule has 0 unspecified atom stereocenters. The summed E-state index contributed by atoms with van der Waals surface area (Å²) in [5.74, 6) is -2.24. The number of aromatic nitrogens is 2. The summed E-state index contributed by atoms with van der Waals surface area (Å²) in [5.41, 5.74) is 1.51. The van der Waals surface area contributed by atoms with Crippen LogP contribution in [0.4, 0.5) is 0 Å². The molecule has 0 saturated carbocycles. The lowest BCUT2D eigenvalue weighted by Crippen LogP contribution is -2.41. The molecule has 0 aliphatic heterocycles. The van der Waals surface area contributed by atoms with E-state index in [2.05, 4.69) is 15.2 Å². The molecule has 0 bridgehead atoms. The number of hydrogen-bond acceptors (Lipinski definition) is 5. The van der Waals surface area contributed by atoms with E-state index in [4.69, 9.17) is 5.11 Å². The van der Waals surface area contributed by atoms with Crippen LogP contribution < -0.4 is 5.32 Å². The van der Waals surface area contributed by atoms with Gasteiger partial charge in [-0.05, 0) is 20.3 Å². The van der Waals surface area contributed by atoms with Crippen molar-refractivity contribution >= 4 is 17.8 Å². The number of carboxylic acids is 1. The number of rotatable bonds is 6. The molecule has 0 aromatic carbocycles. The van der Waals surface area contributed by atoms with Crippen LogP contribution in [-0.2, 0) is 21.4 Å². The van der Waals surface area contributed by atoms with E-state index >= 15 is 0 Å². The van der Waals surface area contributed by atoms with Gasteiger partial charge in [0, 0.05) is 19.2 Å². The third kappa shape index (κ3) is 4.04. The lowest BCUT2D eigenvalue weighted by Gasteiger charge is -2.14. The maximum atomic E-state index is 12.2. The number of ether oxygens (including phenoxy) is 1. The lowest BCUT2D eigenvalue weighted by molar-refractivity contribution is -0.142. The van der Waals surface area contributed by atoms with Gasteiger partial charge in [0.25, 0.3) is 5.91 Å². The summed E-state index contributed by atoms with van der Waals surface area (Å²) < 4.78 is 6.00. The normalized spacial score (nSPS) is 11.8. The van der Waals surface area contributed by atoms with Gasteiger partial charge in [-0.3, -0.25) is 14.3 Å². The van der Waals surface area contributed by atoms with E-state index in [0.29, 0.717) is 17.0 Å². The molecular weight excluding hydrogens is 278 g/mol. The molecule has 0 aliphatic rings. The summed E-state index contributed by atoms with van der Waals surface area (Å²) in [6, 6.07) is -1.16. The lowest BCUT2D eigenvalue weighted by atomic mass is 10.1. The van der Waals surface area contributed by atoms with Gasteiger partial charge in [-0.2, -0.15) is 5.10 Å². The number of aryl methyl sites for hydroxylation is 2. The highest BCUT2D eigenvalue weighted by molar-refractivity contribution is 5.98. The Morgan fingerprint density at radius 3 is 2.43 bits per heavy atom. The molecule has 8 nitrogen and oxygen atoms in total. The van der Waals surface area contributed by atoms with Gasteiger partial charge in [0.1, 0.15) is 6.04 Å². The van der Waals surface area contributed by atoms with Crippen molar-refractivity contribution in [2.45, 2.75) is 32.7 Å². The van der Waals surface area contributed by atoms with Crippen molar-refractivity contribution in [1.29, 1.82) is 0 Å². The number of nitrogens with one attached hydrogen (secondary N) is 1. The minimum Gasteiger partial charge on any atom is -0.480 e. The average Bonchev–Trinajstić information content (AvgIpc) is 2.67. The number of carboxylic acid groups (broad SMARTS) is 1. The summed E-state index contributed by atoms with van der Waals surface area (Å²) >= 11 is 0. The summed E-state index contributed by atoms with van der Waals surface area (Å²) in [7, 11) is 2.92. The maximum Gasteiger partial charge on any atom is 0.326 e. The van der Waals surface area contributed by atoms with Gasteiger partial charge < -0.3 is 15.2 Å². The molecule has 8 heteroatoms. The molecule has 1 amide bonds. The van der Waals surface area contributed by atoms with Crippen LogP contribution in [-0.4, -0.2) is 45.9 Å². The molecule has 0 fully saturated rings. The highest BCUT2D eigenvalue weighted by Crippen LogP contribution is 2.12. The number of hydrogen-bond donors (Lipinski definition) is 2. The molecule has 21 heavy (non-hydrogen) atoms. The smallest absolute Gasteiger partial charge is 0.326 e. The zero-order valence-electron chi connectivity index (χ0n) is 12.5. The standard InChI is InChI=1S/C13H19N3O5/c1-7-11(8(2)16(3)15-7)12(18)14-9(13(19)20)5-6-10(17)21-4/h9H,5-6H2,1-4H3,(H,14,18)(H,19,20)/t9-/m0/s1. The van der Waals surface area contributed by atoms with E-state index in [-0.39, 0.29) is 12.8 Å². The fourth-order valence-corrected chi connectivity index (χ4v) is 1.95. The molecule has 1 heterocycles. The van der Waals surface area contributed by atoms with E-state index in [1.165, 1.54) is 7.11 Å². The van der Waals surface area contributed by atoms with Crippen LogP contribution in [0.25, 0.3) is 0 Å². The van der Waals surface area contributed by atoms with E-state index in [1.807, 2.05) is 0 Å². The van der Waals surface area contributed by atoms with Crippen LogP contribution in [0.1, 0.15) is 34.6 Å². The Bertz CT molecular complexity index is 564. The fourth-order valence-electron chi connectivity index (χ4n) is 1.95. The van der Waals surface area contributed by atoms with E-state index in [9.17, 15) is 14.4 Å². The van der Waals surface area contributed by atoms with Crippen LogP contribution >= 0.6 is 0 Å². The van der Waals surface area contributed by atoms with Gasteiger partial charge in [0.05, 0.1) is 18.4 Å². The number of esters is 1. The molecule has 1 rings (SSSR count). The molecule has 1 aromatic rings. The monoisotopic (exact) mass is 297 g/mol. The van der Waals surface area contributed by atoms with Crippen LogP contribution in [0.5, 0.6) is 0 Å². The molecule has 1 aromatic heterocycles. The third-order valence-electron chi connectivity index (χ3n) is 3.20. The molecule has 2 N–H and O–H groups in total. The minimum atomic E-state index is -1.20. The van der Waals surface area contributed by atoms with Crippen molar-refractivity contribution in [3.05, 3.63) is 17.0 Å². The van der Waals surface area contributed by atoms with Gasteiger partial charge in [0.2, 0.25) is 0 Å². The zero-order valence-corrected chi connectivity index (χ0v) is 12.5. The average molecular weight is 297 g/mol. The van der Waals surface area contributed by atoms with Crippen LogP contribution in [0, 0.1) is 13.8 Å². The van der Waals surface area contributed by atoms with E-state index < -0.39 is 23.9 Å². The Hall–Kier alpha value is -2.38. The van der Waals surface area contributed by atoms with Crippen molar-refractivity contribution in [2.75, 3.05) is 7.11 Å². The quantitative estimate of drug-likeness (QED) is 0.724. The first-order chi connectivity index (χ1) is 9.77. The number of carbonyl (C=O) groups excluding carboxylic acids is 2. The topological polar surface area (TPSA) is 111 Å². The van der Waals surface area contributed by atoms with Crippen molar-refractivity contribution in [3.63, 3.8) is 0 Å². The van der Waals surface area contributed by atoms with Crippen molar-refractivity contribution in [3.8, 4) is 0 Å². The third-order valence-corrected chi connectivity index (χ3v) is 3.20. The van der Waals surface area contributed by atoms with Gasteiger partial charge in [-0.25, -0.2) is 4.79 Å². The maximum absolute atomic E-state index is 12.2. The predicted octanol–water partition coefficient (Wildman–Crippen LogP) is 0.173. The first kappa shape index (κ1) is 16.7. The highest BCUT2D eigenvalue weighted by atomic mass is 16.5. The Kier molecular flexibility index (Phi) is 5.45. The Morgan fingerprint density at radius 1 is 1.38 bits per heavy atom. The largest absolute Gasteiger partial charge is 0.480 e. The van der Waals surface area contributed by atoms with Gasteiger partial charge in [-0.15, -0.1) is 0 Å². The van der Waals surface area contributed by atoms with Gasteiger partial charge in [0.15, 0.2) is 0 Å². The van der Waals surface area contributed by atoms with Crippen LogP contribution in [0.3, 0.4) is 0 Å². The van der Waals surface area contributed by atoms with E-state index in [1.54, 1.807) is 25.6 Å². The van der Waals surface area contributed by atoms with Crippen molar-refractivity contribution in [1.82, 2.24) is 15.1 Å².